The second-order valence-corrected chi connectivity index (χ2v) is 7.77. The van der Waals surface area contributed by atoms with Crippen LogP contribution in [0.5, 0.6) is 11.5 Å². The van der Waals surface area contributed by atoms with Gasteiger partial charge in [-0.15, -0.1) is 0 Å². The maximum atomic E-state index is 12.5. The van der Waals surface area contributed by atoms with E-state index in [1.54, 1.807) is 18.2 Å². The Kier molecular flexibility index (Phi) is 4.81. The van der Waals surface area contributed by atoms with E-state index in [2.05, 4.69) is 0 Å². The first-order valence-electron chi connectivity index (χ1n) is 7.77. The highest BCUT2D eigenvalue weighted by Gasteiger charge is 2.16. The van der Waals surface area contributed by atoms with Crippen molar-refractivity contribution < 1.29 is 28.2 Å². The molecule has 0 fully saturated rings. The molecule has 134 valence electrons. The third-order valence-corrected chi connectivity index (χ3v) is 5.58. The number of carboxylic acid groups (broad SMARTS) is 1. The smallest absolute Gasteiger partial charge is 0.339 e. The minimum Gasteiger partial charge on any atom is -0.507 e. The Bertz CT molecular complexity index is 1070. The molecule has 3 aromatic rings. The summed E-state index contributed by atoms with van der Waals surface area (Å²) >= 11 is 0. The standard InChI is InChI=1S/C19H16O6S/c20-18-8-6-15(12-17(18)19(21)22)25-9-10-26(23,24)16-7-5-13-3-1-2-4-14(13)11-16/h1-8,11-12,20H,9-10H2,(H,21,22). The minimum atomic E-state index is -3.55. The zero-order chi connectivity index (χ0) is 18.7. The van der Waals surface area contributed by atoms with E-state index in [0.29, 0.717) is 0 Å². The van der Waals surface area contributed by atoms with Crippen LogP contribution < -0.4 is 4.74 Å². The number of aromatic carboxylic acids is 1. The Morgan fingerprint density at radius 3 is 2.42 bits per heavy atom. The van der Waals surface area contributed by atoms with Gasteiger partial charge in [0.1, 0.15) is 23.7 Å². The number of benzene rings is 3. The molecular formula is C19H16O6S. The second-order valence-electron chi connectivity index (χ2n) is 5.66. The molecule has 0 radical (unpaired) electrons. The third-order valence-electron chi connectivity index (χ3n) is 3.90. The summed E-state index contributed by atoms with van der Waals surface area (Å²) in [5.74, 6) is -1.76. The third kappa shape index (κ3) is 3.78. The highest BCUT2D eigenvalue weighted by molar-refractivity contribution is 7.91. The number of ether oxygens (including phenoxy) is 1. The molecule has 0 saturated heterocycles. The van der Waals surface area contributed by atoms with Crippen LogP contribution >= 0.6 is 0 Å². The van der Waals surface area contributed by atoms with Crippen LogP contribution in [0.2, 0.25) is 0 Å². The normalized spacial score (nSPS) is 11.4. The van der Waals surface area contributed by atoms with Crippen LogP contribution in [0.3, 0.4) is 0 Å². The molecule has 0 atom stereocenters. The summed E-state index contributed by atoms with van der Waals surface area (Å²) in [4.78, 5) is 11.2. The first-order chi connectivity index (χ1) is 12.4. The number of aromatic hydroxyl groups is 1. The van der Waals surface area contributed by atoms with Gasteiger partial charge in [-0.1, -0.05) is 30.3 Å². The number of hydrogen-bond acceptors (Lipinski definition) is 5. The molecule has 0 heterocycles. The van der Waals surface area contributed by atoms with Crippen LogP contribution in [-0.2, 0) is 9.84 Å². The van der Waals surface area contributed by atoms with Crippen molar-refractivity contribution in [1.82, 2.24) is 0 Å². The summed E-state index contributed by atoms with van der Waals surface area (Å²) in [6.07, 6.45) is 0. The predicted octanol–water partition coefficient (Wildman–Crippen LogP) is 3.10. The van der Waals surface area contributed by atoms with Gasteiger partial charge in [0.05, 0.1) is 10.6 Å². The maximum absolute atomic E-state index is 12.5. The van der Waals surface area contributed by atoms with Gasteiger partial charge < -0.3 is 14.9 Å². The molecular weight excluding hydrogens is 356 g/mol. The largest absolute Gasteiger partial charge is 0.507 e. The van der Waals surface area contributed by atoms with E-state index < -0.39 is 15.8 Å². The molecule has 3 aromatic carbocycles. The topological polar surface area (TPSA) is 101 Å². The lowest BCUT2D eigenvalue weighted by Gasteiger charge is -2.09. The van der Waals surface area contributed by atoms with Crippen LogP contribution in [0.4, 0.5) is 0 Å². The van der Waals surface area contributed by atoms with E-state index in [1.807, 2.05) is 24.3 Å². The number of hydrogen-bond donors (Lipinski definition) is 2. The fraction of sp³-hybridized carbons (Fsp3) is 0.105. The molecule has 3 rings (SSSR count). The first-order valence-corrected chi connectivity index (χ1v) is 9.43. The average Bonchev–Trinajstić information content (AvgIpc) is 2.62. The van der Waals surface area contributed by atoms with Crippen molar-refractivity contribution in [2.75, 3.05) is 12.4 Å². The number of phenols is 1. The molecule has 0 bridgehead atoms. The molecule has 0 amide bonds. The summed E-state index contributed by atoms with van der Waals surface area (Å²) in [5.41, 5.74) is -0.306. The molecule has 0 aliphatic heterocycles. The van der Waals surface area contributed by atoms with Crippen molar-refractivity contribution in [1.29, 1.82) is 0 Å². The fourth-order valence-corrected chi connectivity index (χ4v) is 3.64. The molecule has 6 nitrogen and oxygen atoms in total. The number of sulfone groups is 1. The van der Waals surface area contributed by atoms with E-state index in [0.717, 1.165) is 16.8 Å². The van der Waals surface area contributed by atoms with Gasteiger partial charge in [0.2, 0.25) is 0 Å². The first kappa shape index (κ1) is 17.8. The van der Waals surface area contributed by atoms with Gasteiger partial charge >= 0.3 is 5.97 Å². The van der Waals surface area contributed by atoms with Crippen LogP contribution in [0.15, 0.2) is 65.6 Å². The van der Waals surface area contributed by atoms with Crippen molar-refractivity contribution in [2.45, 2.75) is 4.90 Å². The summed E-state index contributed by atoms with van der Waals surface area (Å²) in [6, 6.07) is 16.1. The Labute approximate surface area is 150 Å². The zero-order valence-electron chi connectivity index (χ0n) is 13.6. The monoisotopic (exact) mass is 372 g/mol. The fourth-order valence-electron chi connectivity index (χ4n) is 2.52. The Morgan fingerprint density at radius 2 is 1.69 bits per heavy atom. The molecule has 0 aliphatic carbocycles. The SMILES string of the molecule is O=C(O)c1cc(OCCS(=O)(=O)c2ccc3ccccc3c2)ccc1O. The van der Waals surface area contributed by atoms with Gasteiger partial charge in [0, 0.05) is 0 Å². The van der Waals surface area contributed by atoms with Gasteiger partial charge in [-0.2, -0.15) is 0 Å². The van der Waals surface area contributed by atoms with Crippen LogP contribution in [0.1, 0.15) is 10.4 Å². The van der Waals surface area contributed by atoms with E-state index >= 15 is 0 Å². The molecule has 26 heavy (non-hydrogen) atoms. The van der Waals surface area contributed by atoms with Crippen molar-refractivity contribution >= 4 is 26.6 Å². The van der Waals surface area contributed by atoms with Crippen LogP contribution in [0.25, 0.3) is 10.8 Å². The summed E-state index contributed by atoms with van der Waals surface area (Å²) in [7, 11) is -3.55. The average molecular weight is 372 g/mol. The van der Waals surface area contributed by atoms with Crippen LogP contribution in [0, 0.1) is 0 Å². The van der Waals surface area contributed by atoms with E-state index in [-0.39, 0.29) is 34.3 Å². The quantitative estimate of drug-likeness (QED) is 0.689. The number of carbonyl (C=O) groups is 1. The lowest BCUT2D eigenvalue weighted by molar-refractivity contribution is 0.0693. The summed E-state index contributed by atoms with van der Waals surface area (Å²) in [5, 5.41) is 20.2. The second kappa shape index (κ2) is 7.05. The van der Waals surface area contributed by atoms with Crippen molar-refractivity contribution in [3.63, 3.8) is 0 Å². The Balaban J connectivity index is 1.72. The van der Waals surface area contributed by atoms with E-state index in [1.165, 1.54) is 12.1 Å². The highest BCUT2D eigenvalue weighted by Crippen LogP contribution is 2.24. The Morgan fingerprint density at radius 1 is 0.962 bits per heavy atom. The van der Waals surface area contributed by atoms with Crippen molar-refractivity contribution in [3.05, 3.63) is 66.2 Å². The van der Waals surface area contributed by atoms with Gasteiger partial charge in [-0.25, -0.2) is 13.2 Å². The van der Waals surface area contributed by atoms with Gasteiger partial charge in [-0.05, 0) is 41.1 Å². The molecule has 0 aliphatic rings. The maximum Gasteiger partial charge on any atom is 0.339 e. The predicted molar refractivity (Wildman–Crippen MR) is 96.6 cm³/mol. The van der Waals surface area contributed by atoms with Gasteiger partial charge in [-0.3, -0.25) is 0 Å². The van der Waals surface area contributed by atoms with Crippen molar-refractivity contribution in [2.24, 2.45) is 0 Å². The number of carboxylic acids is 1. The minimum absolute atomic E-state index is 0.140. The van der Waals surface area contributed by atoms with Gasteiger partial charge in [0.25, 0.3) is 0 Å². The zero-order valence-corrected chi connectivity index (χ0v) is 14.4. The van der Waals surface area contributed by atoms with E-state index in [4.69, 9.17) is 9.84 Å². The van der Waals surface area contributed by atoms with Crippen LogP contribution in [-0.4, -0.2) is 37.0 Å². The molecule has 0 spiro atoms. The lowest BCUT2D eigenvalue weighted by Crippen LogP contribution is -2.14. The lowest BCUT2D eigenvalue weighted by atomic mass is 10.1. The summed E-state index contributed by atoms with van der Waals surface area (Å²) in [6.45, 7) is -0.140. The molecule has 0 unspecified atom stereocenters. The van der Waals surface area contributed by atoms with Gasteiger partial charge in [0.15, 0.2) is 9.84 Å². The molecule has 0 saturated carbocycles. The molecule has 7 heteroatoms. The molecule has 0 aromatic heterocycles. The number of rotatable bonds is 6. The Hall–Kier alpha value is -3.06. The molecule has 2 N–H and O–H groups in total. The van der Waals surface area contributed by atoms with Crippen molar-refractivity contribution in [3.8, 4) is 11.5 Å². The summed E-state index contributed by atoms with van der Waals surface area (Å²) < 4.78 is 30.3. The van der Waals surface area contributed by atoms with E-state index in [9.17, 15) is 18.3 Å². The number of fused-ring (bicyclic) bond motifs is 1. The highest BCUT2D eigenvalue weighted by atomic mass is 32.2.